The van der Waals surface area contributed by atoms with E-state index in [4.69, 9.17) is 5.26 Å². The van der Waals surface area contributed by atoms with Gasteiger partial charge in [-0.2, -0.15) is 5.26 Å². The standard InChI is InChI=1S/C17H17FN2/c1-3-13-5-8-16(9-6-13)20(2)12-15-7-4-14(11-19)10-17(15)18/h4-10H,3,12H2,1-2H3. The molecule has 0 aliphatic rings. The second-order valence-corrected chi connectivity index (χ2v) is 4.79. The quantitative estimate of drug-likeness (QED) is 0.841. The highest BCUT2D eigenvalue weighted by atomic mass is 19.1. The highest BCUT2D eigenvalue weighted by molar-refractivity contribution is 5.48. The summed E-state index contributed by atoms with van der Waals surface area (Å²) in [6.07, 6.45) is 1.01. The van der Waals surface area contributed by atoms with Crippen molar-refractivity contribution >= 4 is 5.69 Å². The first-order valence-corrected chi connectivity index (χ1v) is 6.62. The number of hydrogen-bond donors (Lipinski definition) is 0. The number of halogens is 1. The summed E-state index contributed by atoms with van der Waals surface area (Å²) in [5.74, 6) is -0.332. The second kappa shape index (κ2) is 6.21. The molecule has 2 aromatic carbocycles. The minimum absolute atomic E-state index is 0.332. The van der Waals surface area contributed by atoms with E-state index in [1.54, 1.807) is 12.1 Å². The Morgan fingerprint density at radius 2 is 1.85 bits per heavy atom. The van der Waals surface area contributed by atoms with Crippen LogP contribution >= 0.6 is 0 Å². The van der Waals surface area contributed by atoms with Crippen LogP contribution in [0, 0.1) is 17.1 Å². The van der Waals surface area contributed by atoms with E-state index in [1.807, 2.05) is 30.1 Å². The van der Waals surface area contributed by atoms with E-state index in [0.717, 1.165) is 12.1 Å². The molecule has 0 spiro atoms. The number of nitrogens with zero attached hydrogens (tertiary/aromatic N) is 2. The Bertz CT molecular complexity index is 626. The monoisotopic (exact) mass is 268 g/mol. The van der Waals surface area contributed by atoms with Gasteiger partial charge in [0.2, 0.25) is 0 Å². The molecule has 0 saturated carbocycles. The number of benzene rings is 2. The predicted molar refractivity (Wildman–Crippen MR) is 79.0 cm³/mol. The molecule has 3 heteroatoms. The van der Waals surface area contributed by atoms with E-state index < -0.39 is 0 Å². The van der Waals surface area contributed by atoms with Crippen molar-refractivity contribution in [3.8, 4) is 6.07 Å². The van der Waals surface area contributed by atoms with Crippen molar-refractivity contribution in [1.82, 2.24) is 0 Å². The number of hydrogen-bond acceptors (Lipinski definition) is 2. The van der Waals surface area contributed by atoms with Crippen LogP contribution in [0.25, 0.3) is 0 Å². The van der Waals surface area contributed by atoms with Gasteiger partial charge in [0.25, 0.3) is 0 Å². The molecule has 0 saturated heterocycles. The van der Waals surface area contributed by atoms with E-state index in [2.05, 4.69) is 19.1 Å². The van der Waals surface area contributed by atoms with Crippen molar-refractivity contribution in [2.24, 2.45) is 0 Å². The van der Waals surface area contributed by atoms with Crippen molar-refractivity contribution in [2.75, 3.05) is 11.9 Å². The summed E-state index contributed by atoms with van der Waals surface area (Å²) in [6.45, 7) is 2.59. The third-order valence-electron chi connectivity index (χ3n) is 3.38. The van der Waals surface area contributed by atoms with Gasteiger partial charge in [0.05, 0.1) is 11.6 Å². The third kappa shape index (κ3) is 3.16. The molecule has 102 valence electrons. The molecule has 0 bridgehead atoms. The van der Waals surface area contributed by atoms with Crippen LogP contribution in [0.1, 0.15) is 23.6 Å². The number of aryl methyl sites for hydroxylation is 1. The summed E-state index contributed by atoms with van der Waals surface area (Å²) in [6, 6.07) is 14.8. The van der Waals surface area contributed by atoms with Crippen molar-refractivity contribution in [3.05, 3.63) is 65.0 Å². The van der Waals surface area contributed by atoms with Gasteiger partial charge in [-0.15, -0.1) is 0 Å². The Labute approximate surface area is 119 Å². The molecule has 0 N–H and O–H groups in total. The lowest BCUT2D eigenvalue weighted by molar-refractivity contribution is 0.607. The van der Waals surface area contributed by atoms with Gasteiger partial charge in [-0.3, -0.25) is 0 Å². The average Bonchev–Trinajstić information content (AvgIpc) is 2.49. The summed E-state index contributed by atoms with van der Waals surface area (Å²) < 4.78 is 13.9. The molecule has 2 rings (SSSR count). The van der Waals surface area contributed by atoms with Crippen LogP contribution in [0.3, 0.4) is 0 Å². The van der Waals surface area contributed by atoms with Crippen molar-refractivity contribution < 1.29 is 4.39 Å². The highest BCUT2D eigenvalue weighted by Crippen LogP contribution is 2.18. The lowest BCUT2D eigenvalue weighted by atomic mass is 10.1. The predicted octanol–water partition coefficient (Wildman–Crippen LogP) is 3.90. The van der Waals surface area contributed by atoms with Crippen LogP contribution in [0.2, 0.25) is 0 Å². The summed E-state index contributed by atoms with van der Waals surface area (Å²) in [5.41, 5.74) is 3.27. The van der Waals surface area contributed by atoms with Gasteiger partial charge in [0, 0.05) is 24.8 Å². The minimum atomic E-state index is -0.332. The molecule has 20 heavy (non-hydrogen) atoms. The Kier molecular flexibility index (Phi) is 4.37. The van der Waals surface area contributed by atoms with Crippen LogP contribution in [0.15, 0.2) is 42.5 Å². The molecule has 0 amide bonds. The molecular formula is C17H17FN2. The maximum Gasteiger partial charge on any atom is 0.129 e. The maximum absolute atomic E-state index is 13.9. The first kappa shape index (κ1) is 14.1. The van der Waals surface area contributed by atoms with Gasteiger partial charge >= 0.3 is 0 Å². The van der Waals surface area contributed by atoms with Gasteiger partial charge in [-0.25, -0.2) is 4.39 Å². The van der Waals surface area contributed by atoms with Crippen molar-refractivity contribution in [3.63, 3.8) is 0 Å². The van der Waals surface area contributed by atoms with E-state index in [9.17, 15) is 4.39 Å². The summed E-state index contributed by atoms with van der Waals surface area (Å²) >= 11 is 0. The molecular weight excluding hydrogens is 251 g/mol. The van der Waals surface area contributed by atoms with Gasteiger partial charge in [-0.1, -0.05) is 25.1 Å². The van der Waals surface area contributed by atoms with Crippen LogP contribution in [-0.4, -0.2) is 7.05 Å². The van der Waals surface area contributed by atoms with Crippen molar-refractivity contribution in [2.45, 2.75) is 19.9 Å². The average molecular weight is 268 g/mol. The normalized spacial score (nSPS) is 10.1. The lowest BCUT2D eigenvalue weighted by Crippen LogP contribution is -2.17. The molecule has 0 aliphatic heterocycles. The topological polar surface area (TPSA) is 27.0 Å². The lowest BCUT2D eigenvalue weighted by Gasteiger charge is -2.20. The Morgan fingerprint density at radius 3 is 2.40 bits per heavy atom. The molecule has 2 aromatic rings. The minimum Gasteiger partial charge on any atom is -0.370 e. The van der Waals surface area contributed by atoms with Crippen LogP contribution in [0.5, 0.6) is 0 Å². The fourth-order valence-corrected chi connectivity index (χ4v) is 2.08. The zero-order valence-corrected chi connectivity index (χ0v) is 11.7. The number of rotatable bonds is 4. The molecule has 0 radical (unpaired) electrons. The third-order valence-corrected chi connectivity index (χ3v) is 3.38. The summed E-state index contributed by atoms with van der Waals surface area (Å²) in [7, 11) is 1.93. The van der Waals surface area contributed by atoms with E-state index in [-0.39, 0.29) is 5.82 Å². The van der Waals surface area contributed by atoms with Crippen LogP contribution in [0.4, 0.5) is 10.1 Å². The fourth-order valence-electron chi connectivity index (χ4n) is 2.08. The largest absolute Gasteiger partial charge is 0.370 e. The van der Waals surface area contributed by atoms with Gasteiger partial charge in [0.1, 0.15) is 5.82 Å². The molecule has 0 atom stereocenters. The van der Waals surface area contributed by atoms with Crippen LogP contribution < -0.4 is 4.90 Å². The zero-order valence-electron chi connectivity index (χ0n) is 11.7. The number of nitriles is 1. The Hall–Kier alpha value is -2.34. The fraction of sp³-hybridized carbons (Fsp3) is 0.235. The zero-order chi connectivity index (χ0) is 14.5. The number of anilines is 1. The second-order valence-electron chi connectivity index (χ2n) is 4.79. The Balaban J connectivity index is 2.14. The van der Waals surface area contributed by atoms with Gasteiger partial charge < -0.3 is 4.90 Å². The first-order valence-electron chi connectivity index (χ1n) is 6.62. The smallest absolute Gasteiger partial charge is 0.129 e. The summed E-state index contributed by atoms with van der Waals surface area (Å²) in [4.78, 5) is 1.99. The molecule has 0 aliphatic carbocycles. The molecule has 2 nitrogen and oxygen atoms in total. The molecule has 0 unspecified atom stereocenters. The van der Waals surface area contributed by atoms with Crippen molar-refractivity contribution in [1.29, 1.82) is 5.26 Å². The first-order chi connectivity index (χ1) is 9.63. The van der Waals surface area contributed by atoms with Gasteiger partial charge in [-0.05, 0) is 36.2 Å². The maximum atomic E-state index is 13.9. The highest BCUT2D eigenvalue weighted by Gasteiger charge is 2.07. The van der Waals surface area contributed by atoms with E-state index in [0.29, 0.717) is 17.7 Å². The SMILES string of the molecule is CCc1ccc(N(C)Cc2ccc(C#N)cc2F)cc1. The van der Waals surface area contributed by atoms with E-state index >= 15 is 0 Å². The summed E-state index contributed by atoms with van der Waals surface area (Å²) in [5, 5.41) is 8.74. The van der Waals surface area contributed by atoms with Gasteiger partial charge in [0.15, 0.2) is 0 Å². The Morgan fingerprint density at radius 1 is 1.15 bits per heavy atom. The van der Waals surface area contributed by atoms with Crippen LogP contribution in [-0.2, 0) is 13.0 Å². The van der Waals surface area contributed by atoms with E-state index in [1.165, 1.54) is 11.6 Å². The molecule has 0 aromatic heterocycles. The molecule has 0 heterocycles. The molecule has 0 fully saturated rings.